The van der Waals surface area contributed by atoms with Crippen LogP contribution in [0.4, 0.5) is 13.2 Å². The summed E-state index contributed by atoms with van der Waals surface area (Å²) in [6.07, 6.45) is 0.935. The van der Waals surface area contributed by atoms with Crippen LogP contribution in [0.25, 0.3) is 10.9 Å². The largest absolute Gasteiger partial charge is 0.456 e. The monoisotopic (exact) mass is 408 g/mol. The van der Waals surface area contributed by atoms with Crippen molar-refractivity contribution in [1.82, 2.24) is 4.98 Å². The summed E-state index contributed by atoms with van der Waals surface area (Å²) in [4.78, 5) is 3.21. The highest BCUT2D eigenvalue weighted by atomic mass is 79.9. The summed E-state index contributed by atoms with van der Waals surface area (Å²) in [6.45, 7) is 0. The molecule has 1 aromatic heterocycles. The molecule has 0 aliphatic heterocycles. The second-order valence-electron chi connectivity index (χ2n) is 6.31. The Morgan fingerprint density at radius 1 is 1.24 bits per heavy atom. The van der Waals surface area contributed by atoms with Gasteiger partial charge in [0.2, 0.25) is 0 Å². The van der Waals surface area contributed by atoms with Crippen molar-refractivity contribution in [1.29, 1.82) is 0 Å². The molecule has 0 bridgehead atoms. The lowest BCUT2D eigenvalue weighted by Gasteiger charge is -2.15. The summed E-state index contributed by atoms with van der Waals surface area (Å²) < 4.78 is 45.5. The molecule has 129 valence electrons. The summed E-state index contributed by atoms with van der Waals surface area (Å²) >= 11 is 3.13. The van der Waals surface area contributed by atoms with Crippen molar-refractivity contribution in [3.8, 4) is 11.5 Å². The van der Waals surface area contributed by atoms with Crippen molar-refractivity contribution in [2.75, 3.05) is 0 Å². The molecule has 1 fully saturated rings. The van der Waals surface area contributed by atoms with Gasteiger partial charge in [0.05, 0.1) is 10.0 Å². The first-order chi connectivity index (χ1) is 11.9. The number of aromatic nitrogens is 1. The van der Waals surface area contributed by atoms with Crippen molar-refractivity contribution in [2.45, 2.75) is 25.4 Å². The van der Waals surface area contributed by atoms with Gasteiger partial charge in [0.25, 0.3) is 0 Å². The Bertz CT molecular complexity index is 928. The van der Waals surface area contributed by atoms with E-state index in [-0.39, 0.29) is 10.2 Å². The molecule has 25 heavy (non-hydrogen) atoms. The molecule has 1 heterocycles. The molecule has 1 saturated carbocycles. The van der Waals surface area contributed by atoms with Crippen LogP contribution >= 0.6 is 15.9 Å². The van der Waals surface area contributed by atoms with Gasteiger partial charge in [-0.15, -0.1) is 0 Å². The number of aromatic amines is 1. The van der Waals surface area contributed by atoms with E-state index in [1.165, 1.54) is 24.5 Å². The fourth-order valence-electron chi connectivity index (χ4n) is 2.91. The number of ether oxygens (including phenoxy) is 1. The first-order valence-electron chi connectivity index (χ1n) is 7.96. The molecule has 1 aliphatic carbocycles. The zero-order chi connectivity index (χ0) is 17.6. The third-order valence-corrected chi connectivity index (χ3v) is 4.96. The highest BCUT2D eigenvalue weighted by molar-refractivity contribution is 9.10. The normalized spacial score (nSPS) is 14.9. The van der Waals surface area contributed by atoms with E-state index in [2.05, 4.69) is 27.0 Å². The van der Waals surface area contributed by atoms with Crippen molar-refractivity contribution in [2.24, 2.45) is 5.92 Å². The Morgan fingerprint density at radius 2 is 2.04 bits per heavy atom. The lowest BCUT2D eigenvalue weighted by Crippen LogP contribution is -2.07. The van der Waals surface area contributed by atoms with Gasteiger partial charge in [-0.25, -0.2) is 0 Å². The molecule has 2 aromatic carbocycles. The summed E-state index contributed by atoms with van der Waals surface area (Å²) in [6, 6.07) is 10.1. The second-order valence-corrected chi connectivity index (χ2v) is 7.17. The molecule has 0 unspecified atom stereocenters. The van der Waals surface area contributed by atoms with Gasteiger partial charge >= 0.3 is 6.18 Å². The van der Waals surface area contributed by atoms with Crippen LogP contribution in [-0.4, -0.2) is 4.98 Å². The van der Waals surface area contributed by atoms with Crippen molar-refractivity contribution >= 4 is 26.8 Å². The van der Waals surface area contributed by atoms with Gasteiger partial charge in [-0.1, -0.05) is 0 Å². The topological polar surface area (TPSA) is 25.0 Å². The molecule has 1 N–H and O–H groups in total. The van der Waals surface area contributed by atoms with Crippen molar-refractivity contribution < 1.29 is 17.9 Å². The van der Waals surface area contributed by atoms with Gasteiger partial charge in [0, 0.05) is 17.1 Å². The summed E-state index contributed by atoms with van der Waals surface area (Å²) in [7, 11) is 0. The lowest BCUT2D eigenvalue weighted by molar-refractivity contribution is -0.138. The molecule has 0 atom stereocenters. The molecule has 0 spiro atoms. The van der Waals surface area contributed by atoms with Gasteiger partial charge in [-0.05, 0) is 83.1 Å². The van der Waals surface area contributed by atoms with E-state index in [9.17, 15) is 13.2 Å². The molecule has 6 heteroatoms. The van der Waals surface area contributed by atoms with Crippen LogP contribution in [0.1, 0.15) is 24.0 Å². The zero-order valence-corrected chi connectivity index (χ0v) is 14.7. The number of alkyl halides is 3. The fourth-order valence-corrected chi connectivity index (χ4v) is 3.34. The number of benzene rings is 2. The Kier molecular flexibility index (Phi) is 4.02. The summed E-state index contributed by atoms with van der Waals surface area (Å²) in [5.41, 5.74) is 1.29. The van der Waals surface area contributed by atoms with Crippen LogP contribution in [0.5, 0.6) is 11.5 Å². The van der Waals surface area contributed by atoms with E-state index in [1.54, 1.807) is 12.1 Å². The molecular formula is C19H14BrF3NO. The molecular weight excluding hydrogens is 395 g/mol. The fraction of sp³-hybridized carbons (Fsp3) is 0.263. The van der Waals surface area contributed by atoms with E-state index >= 15 is 0 Å². The number of H-pyrrole nitrogens is 1. The van der Waals surface area contributed by atoms with Crippen LogP contribution < -0.4 is 4.74 Å². The lowest BCUT2D eigenvalue weighted by atomic mass is 10.1. The van der Waals surface area contributed by atoms with E-state index in [4.69, 9.17) is 4.74 Å². The first-order valence-corrected chi connectivity index (χ1v) is 8.76. The minimum absolute atomic E-state index is 0.217. The van der Waals surface area contributed by atoms with Gasteiger partial charge in [0.1, 0.15) is 5.75 Å². The van der Waals surface area contributed by atoms with Crippen molar-refractivity contribution in [3.63, 3.8) is 0 Å². The molecule has 1 aliphatic rings. The molecule has 3 aromatic rings. The van der Waals surface area contributed by atoms with Crippen LogP contribution in [0.15, 0.2) is 41.0 Å². The average molecular weight is 409 g/mol. The second kappa shape index (κ2) is 6.09. The van der Waals surface area contributed by atoms with E-state index in [1.807, 2.05) is 12.3 Å². The predicted molar refractivity (Wildman–Crippen MR) is 92.8 cm³/mol. The third kappa shape index (κ3) is 3.40. The van der Waals surface area contributed by atoms with Crippen LogP contribution in [0.2, 0.25) is 0 Å². The standard InChI is InChI=1S/C19H14BrF3NO/c20-16-3-1-2-15(19(21,22)23)18(16)25-13-6-7-17-14(9-13)12(10-24-17)8-11-4-5-11/h2-3,6-7,9-11,24H,4-5,8H2. The number of rotatable bonds is 4. The molecule has 0 amide bonds. The quantitative estimate of drug-likeness (QED) is 0.523. The first kappa shape index (κ1) is 16.5. The average Bonchev–Trinajstić information content (AvgIpc) is 3.28. The Morgan fingerprint density at radius 3 is 2.76 bits per heavy atom. The summed E-state index contributed by atoms with van der Waals surface area (Å²) in [5.74, 6) is 0.852. The van der Waals surface area contributed by atoms with Gasteiger partial charge in [-0.2, -0.15) is 13.2 Å². The maximum absolute atomic E-state index is 13.2. The predicted octanol–water partition coefficient (Wildman–Crippen LogP) is 6.49. The Balaban J connectivity index is 1.71. The molecule has 4 rings (SSSR count). The number of fused-ring (bicyclic) bond motifs is 1. The highest BCUT2D eigenvalue weighted by Gasteiger charge is 2.35. The molecule has 2 nitrogen and oxygen atoms in total. The Hall–Kier alpha value is -1.95. The maximum atomic E-state index is 13.2. The van der Waals surface area contributed by atoms with Crippen LogP contribution in [0.3, 0.4) is 0 Å². The summed E-state index contributed by atoms with van der Waals surface area (Å²) in [5, 5.41) is 0.997. The minimum atomic E-state index is -4.51. The smallest absolute Gasteiger partial charge is 0.420 e. The Labute approximate surface area is 151 Å². The van der Waals surface area contributed by atoms with Gasteiger partial charge in [-0.3, -0.25) is 0 Å². The molecule has 0 saturated heterocycles. The van der Waals surface area contributed by atoms with E-state index < -0.39 is 11.7 Å². The van der Waals surface area contributed by atoms with Gasteiger partial charge < -0.3 is 9.72 Å². The third-order valence-electron chi connectivity index (χ3n) is 4.37. The van der Waals surface area contributed by atoms with Crippen molar-refractivity contribution in [3.05, 3.63) is 58.2 Å². The maximum Gasteiger partial charge on any atom is 0.420 e. The van der Waals surface area contributed by atoms with Crippen LogP contribution in [0, 0.1) is 12.0 Å². The zero-order valence-electron chi connectivity index (χ0n) is 13.1. The number of halogens is 4. The number of hydrogen-bond donors (Lipinski definition) is 1. The highest BCUT2D eigenvalue weighted by Crippen LogP contribution is 2.42. The minimum Gasteiger partial charge on any atom is -0.456 e. The SMILES string of the molecule is FC(F)(F)c1c[c]cc(Br)c1Oc1ccc2[nH]cc(CC3CC3)c2c1. The number of hydrogen-bond acceptors (Lipinski definition) is 1. The van der Waals surface area contributed by atoms with E-state index in [0.717, 1.165) is 29.3 Å². The van der Waals surface area contributed by atoms with Crippen LogP contribution in [-0.2, 0) is 12.6 Å². The molecule has 1 radical (unpaired) electrons. The van der Waals surface area contributed by atoms with Gasteiger partial charge in [0.15, 0.2) is 5.75 Å². The number of nitrogens with one attached hydrogen (secondary N) is 1. The van der Waals surface area contributed by atoms with E-state index in [0.29, 0.717) is 5.75 Å².